The summed E-state index contributed by atoms with van der Waals surface area (Å²) < 4.78 is 6.04. The maximum absolute atomic E-state index is 12.8. The van der Waals surface area contributed by atoms with E-state index in [-0.39, 0.29) is 17.6 Å². The Morgan fingerprint density at radius 2 is 1.70 bits per heavy atom. The Morgan fingerprint density at radius 1 is 1.00 bits per heavy atom. The lowest BCUT2D eigenvalue weighted by atomic mass is 9.92. The Bertz CT molecular complexity index is 1040. The van der Waals surface area contributed by atoms with Crippen molar-refractivity contribution in [3.8, 4) is 11.5 Å². The molecule has 3 aromatic carbocycles. The highest BCUT2D eigenvalue weighted by Gasteiger charge is 2.29. The molecule has 0 bridgehead atoms. The zero-order valence-corrected chi connectivity index (χ0v) is 14.5. The van der Waals surface area contributed by atoms with Crippen LogP contribution in [0.25, 0.3) is 0 Å². The maximum atomic E-state index is 12.8. The van der Waals surface area contributed by atoms with Crippen LogP contribution in [0.2, 0.25) is 0 Å². The number of rotatable bonds is 3. The molecule has 1 heterocycles. The number of ether oxygens (including phenoxy) is 1. The quantitative estimate of drug-likeness (QED) is 0.550. The van der Waals surface area contributed by atoms with E-state index in [0.717, 1.165) is 22.4 Å². The van der Waals surface area contributed by atoms with E-state index in [9.17, 15) is 14.9 Å². The lowest BCUT2D eigenvalue weighted by molar-refractivity contribution is -0.384. The molecule has 6 heteroatoms. The van der Waals surface area contributed by atoms with Gasteiger partial charge in [-0.15, -0.1) is 0 Å². The van der Waals surface area contributed by atoms with E-state index in [1.54, 1.807) is 0 Å². The second kappa shape index (κ2) is 6.57. The SMILES string of the molecule is Cc1cccc2c1Oc1ccccc1C2NC(=O)c1ccc([N+](=O)[O-])cc1. The van der Waals surface area contributed by atoms with E-state index < -0.39 is 4.92 Å². The average molecular weight is 360 g/mol. The van der Waals surface area contributed by atoms with Gasteiger partial charge in [0, 0.05) is 28.8 Å². The highest BCUT2D eigenvalue weighted by molar-refractivity contribution is 5.95. The molecule has 4 rings (SSSR count). The lowest BCUT2D eigenvalue weighted by Gasteiger charge is -2.29. The molecular formula is C21H16N2O4. The van der Waals surface area contributed by atoms with Crippen molar-refractivity contribution in [3.63, 3.8) is 0 Å². The number of aryl methyl sites for hydroxylation is 1. The van der Waals surface area contributed by atoms with E-state index in [1.807, 2.05) is 49.4 Å². The molecule has 0 spiro atoms. The number of fused-ring (bicyclic) bond motifs is 2. The molecular weight excluding hydrogens is 344 g/mol. The minimum atomic E-state index is -0.491. The first-order valence-electron chi connectivity index (χ1n) is 8.46. The highest BCUT2D eigenvalue weighted by atomic mass is 16.6. The summed E-state index contributed by atoms with van der Waals surface area (Å²) in [5.41, 5.74) is 3.04. The summed E-state index contributed by atoms with van der Waals surface area (Å²) in [6, 6.07) is 18.6. The molecule has 0 radical (unpaired) electrons. The van der Waals surface area contributed by atoms with Gasteiger partial charge in [-0.2, -0.15) is 0 Å². The number of non-ortho nitro benzene ring substituents is 1. The van der Waals surface area contributed by atoms with E-state index in [0.29, 0.717) is 11.3 Å². The summed E-state index contributed by atoms with van der Waals surface area (Å²) >= 11 is 0. The Labute approximate surface area is 155 Å². The van der Waals surface area contributed by atoms with Crippen LogP contribution in [0, 0.1) is 17.0 Å². The van der Waals surface area contributed by atoms with E-state index in [1.165, 1.54) is 24.3 Å². The van der Waals surface area contributed by atoms with Crippen molar-refractivity contribution in [2.45, 2.75) is 13.0 Å². The molecule has 0 saturated heterocycles. The van der Waals surface area contributed by atoms with Crippen LogP contribution in [-0.2, 0) is 0 Å². The van der Waals surface area contributed by atoms with Gasteiger partial charge in [-0.05, 0) is 30.7 Å². The molecule has 1 atom stereocenters. The Balaban J connectivity index is 1.70. The van der Waals surface area contributed by atoms with E-state index in [4.69, 9.17) is 4.74 Å². The van der Waals surface area contributed by atoms with Crippen molar-refractivity contribution in [2.75, 3.05) is 0 Å². The predicted molar refractivity (Wildman–Crippen MR) is 100 cm³/mol. The number of hydrogen-bond acceptors (Lipinski definition) is 4. The number of hydrogen-bond donors (Lipinski definition) is 1. The van der Waals surface area contributed by atoms with Gasteiger partial charge < -0.3 is 10.1 Å². The smallest absolute Gasteiger partial charge is 0.269 e. The summed E-state index contributed by atoms with van der Waals surface area (Å²) in [7, 11) is 0. The molecule has 1 unspecified atom stereocenters. The first-order chi connectivity index (χ1) is 13.0. The van der Waals surface area contributed by atoms with Gasteiger partial charge in [0.2, 0.25) is 0 Å². The summed E-state index contributed by atoms with van der Waals surface area (Å²) in [6.45, 7) is 1.96. The van der Waals surface area contributed by atoms with Gasteiger partial charge in [0.1, 0.15) is 11.5 Å². The van der Waals surface area contributed by atoms with Crippen molar-refractivity contribution >= 4 is 11.6 Å². The van der Waals surface area contributed by atoms with Crippen LogP contribution in [-0.4, -0.2) is 10.8 Å². The highest BCUT2D eigenvalue weighted by Crippen LogP contribution is 2.44. The minimum Gasteiger partial charge on any atom is -0.456 e. The van der Waals surface area contributed by atoms with Gasteiger partial charge in [0.25, 0.3) is 11.6 Å². The van der Waals surface area contributed by atoms with Crippen LogP contribution in [0.3, 0.4) is 0 Å². The number of carbonyl (C=O) groups is 1. The number of benzene rings is 3. The van der Waals surface area contributed by atoms with Gasteiger partial charge in [-0.25, -0.2) is 0 Å². The van der Waals surface area contributed by atoms with Crippen molar-refractivity contribution in [1.29, 1.82) is 0 Å². The molecule has 1 N–H and O–H groups in total. The third kappa shape index (κ3) is 3.01. The molecule has 27 heavy (non-hydrogen) atoms. The second-order valence-corrected chi connectivity index (χ2v) is 6.34. The number of nitrogens with one attached hydrogen (secondary N) is 1. The Kier molecular flexibility index (Phi) is 4.08. The fourth-order valence-electron chi connectivity index (χ4n) is 3.24. The standard InChI is InChI=1S/C21H16N2O4/c1-13-5-4-7-17-19(16-6-2-3-8-18(16)27-20(13)17)22-21(24)14-9-11-15(12-10-14)23(25)26/h2-12,19H,1H3,(H,22,24). The van der Waals surface area contributed by atoms with Gasteiger partial charge in [-0.3, -0.25) is 14.9 Å². The largest absolute Gasteiger partial charge is 0.456 e. The summed E-state index contributed by atoms with van der Waals surface area (Å²) in [5.74, 6) is 1.14. The van der Waals surface area contributed by atoms with Gasteiger partial charge in [-0.1, -0.05) is 36.4 Å². The molecule has 3 aromatic rings. The topological polar surface area (TPSA) is 81.5 Å². The van der Waals surface area contributed by atoms with Gasteiger partial charge >= 0.3 is 0 Å². The van der Waals surface area contributed by atoms with E-state index in [2.05, 4.69) is 5.32 Å². The van der Waals surface area contributed by atoms with Crippen molar-refractivity contribution < 1.29 is 14.5 Å². The summed E-state index contributed by atoms with van der Waals surface area (Å²) in [5, 5.41) is 13.8. The predicted octanol–water partition coefficient (Wildman–Crippen LogP) is 4.53. The fourth-order valence-corrected chi connectivity index (χ4v) is 3.24. The van der Waals surface area contributed by atoms with Crippen LogP contribution in [0.15, 0.2) is 66.7 Å². The zero-order chi connectivity index (χ0) is 19.0. The molecule has 0 aliphatic carbocycles. The van der Waals surface area contributed by atoms with E-state index >= 15 is 0 Å². The lowest BCUT2D eigenvalue weighted by Crippen LogP contribution is -2.31. The van der Waals surface area contributed by atoms with Crippen molar-refractivity contribution in [1.82, 2.24) is 5.32 Å². The minimum absolute atomic E-state index is 0.0519. The normalized spacial score (nSPS) is 14.5. The number of carbonyl (C=O) groups excluding carboxylic acids is 1. The summed E-state index contributed by atoms with van der Waals surface area (Å²) in [6.07, 6.45) is 0. The number of nitro groups is 1. The third-order valence-electron chi connectivity index (χ3n) is 4.61. The van der Waals surface area contributed by atoms with Crippen LogP contribution in [0.4, 0.5) is 5.69 Å². The average Bonchev–Trinajstić information content (AvgIpc) is 2.68. The molecule has 1 aliphatic heterocycles. The molecule has 6 nitrogen and oxygen atoms in total. The monoisotopic (exact) mass is 360 g/mol. The number of nitro benzene ring substituents is 1. The third-order valence-corrected chi connectivity index (χ3v) is 4.61. The molecule has 0 saturated carbocycles. The van der Waals surface area contributed by atoms with Crippen LogP contribution in [0.1, 0.15) is 33.1 Å². The van der Waals surface area contributed by atoms with Crippen LogP contribution in [0.5, 0.6) is 11.5 Å². The number of para-hydroxylation sites is 2. The number of nitrogens with zero attached hydrogens (tertiary/aromatic N) is 1. The van der Waals surface area contributed by atoms with Crippen molar-refractivity contribution in [3.05, 3.63) is 99.1 Å². The maximum Gasteiger partial charge on any atom is 0.269 e. The van der Waals surface area contributed by atoms with Crippen LogP contribution >= 0.6 is 0 Å². The Hall–Kier alpha value is -3.67. The second-order valence-electron chi connectivity index (χ2n) is 6.34. The van der Waals surface area contributed by atoms with Gasteiger partial charge in [0.05, 0.1) is 11.0 Å². The van der Waals surface area contributed by atoms with Crippen LogP contribution < -0.4 is 10.1 Å². The number of amides is 1. The summed E-state index contributed by atoms with van der Waals surface area (Å²) in [4.78, 5) is 23.1. The molecule has 0 fully saturated rings. The molecule has 1 amide bonds. The Morgan fingerprint density at radius 3 is 2.44 bits per heavy atom. The molecule has 0 aromatic heterocycles. The zero-order valence-electron chi connectivity index (χ0n) is 14.5. The van der Waals surface area contributed by atoms with Crippen molar-refractivity contribution in [2.24, 2.45) is 0 Å². The first kappa shape index (κ1) is 16.8. The fraction of sp³-hybridized carbons (Fsp3) is 0.0952. The molecule has 134 valence electrons. The molecule has 1 aliphatic rings. The first-order valence-corrected chi connectivity index (χ1v) is 8.46. The van der Waals surface area contributed by atoms with Gasteiger partial charge in [0.15, 0.2) is 0 Å².